The van der Waals surface area contributed by atoms with Crippen LogP contribution in [0.4, 0.5) is 0 Å². The topological polar surface area (TPSA) is 49.8 Å². The molecule has 0 heterocycles. The summed E-state index contributed by atoms with van der Waals surface area (Å²) in [6.45, 7) is 6.15. The van der Waals surface area contributed by atoms with Gasteiger partial charge in [0.2, 0.25) is 0 Å². The quantitative estimate of drug-likeness (QED) is 0.785. The summed E-state index contributed by atoms with van der Waals surface area (Å²) in [6, 6.07) is 7.91. The van der Waals surface area contributed by atoms with Gasteiger partial charge in [0, 0.05) is 18.7 Å². The summed E-state index contributed by atoms with van der Waals surface area (Å²) in [5.74, 6) is 0.604. The zero-order chi connectivity index (χ0) is 14.3. The van der Waals surface area contributed by atoms with Crippen LogP contribution < -0.4 is 4.74 Å². The zero-order valence-corrected chi connectivity index (χ0v) is 11.9. The van der Waals surface area contributed by atoms with E-state index in [1.807, 2.05) is 36.2 Å². The standard InChI is InChI=1S/C15H23NO3/c1-12(2)11-19-14-7-5-4-6-13(14)10-16(3)9-8-15(17)18/h4-7,12H,8-11H2,1-3H3,(H,17,18). The van der Waals surface area contributed by atoms with Crippen molar-refractivity contribution in [2.75, 3.05) is 20.2 Å². The molecular weight excluding hydrogens is 242 g/mol. The van der Waals surface area contributed by atoms with Gasteiger partial charge in [-0.1, -0.05) is 32.0 Å². The molecule has 0 unspecified atom stereocenters. The Bertz CT molecular complexity index is 404. The average Bonchev–Trinajstić information content (AvgIpc) is 2.35. The van der Waals surface area contributed by atoms with E-state index in [1.165, 1.54) is 0 Å². The second kappa shape index (κ2) is 7.79. The second-order valence-electron chi connectivity index (χ2n) is 5.19. The van der Waals surface area contributed by atoms with Gasteiger partial charge in [-0.15, -0.1) is 0 Å². The van der Waals surface area contributed by atoms with E-state index in [9.17, 15) is 4.79 Å². The number of carboxylic acid groups (broad SMARTS) is 1. The minimum absolute atomic E-state index is 0.158. The maximum absolute atomic E-state index is 10.5. The van der Waals surface area contributed by atoms with Crippen molar-refractivity contribution in [3.8, 4) is 5.75 Å². The molecule has 0 aliphatic heterocycles. The van der Waals surface area contributed by atoms with E-state index in [4.69, 9.17) is 9.84 Å². The van der Waals surface area contributed by atoms with Gasteiger partial charge >= 0.3 is 5.97 Å². The van der Waals surface area contributed by atoms with Gasteiger partial charge in [-0.25, -0.2) is 0 Å². The van der Waals surface area contributed by atoms with Crippen molar-refractivity contribution in [2.24, 2.45) is 5.92 Å². The molecule has 1 rings (SSSR count). The van der Waals surface area contributed by atoms with Gasteiger partial charge in [-0.2, -0.15) is 0 Å². The van der Waals surface area contributed by atoms with Crippen LogP contribution in [0, 0.1) is 5.92 Å². The number of nitrogens with zero attached hydrogens (tertiary/aromatic N) is 1. The van der Waals surface area contributed by atoms with Crippen molar-refractivity contribution in [3.05, 3.63) is 29.8 Å². The van der Waals surface area contributed by atoms with Crippen molar-refractivity contribution >= 4 is 5.97 Å². The summed E-state index contributed by atoms with van der Waals surface area (Å²) in [6.07, 6.45) is 0.158. The predicted molar refractivity (Wildman–Crippen MR) is 75.4 cm³/mol. The highest BCUT2D eigenvalue weighted by molar-refractivity contribution is 5.66. The average molecular weight is 265 g/mol. The predicted octanol–water partition coefficient (Wildman–Crippen LogP) is 2.63. The van der Waals surface area contributed by atoms with E-state index < -0.39 is 5.97 Å². The highest BCUT2D eigenvalue weighted by Crippen LogP contribution is 2.20. The Morgan fingerprint density at radius 3 is 2.68 bits per heavy atom. The van der Waals surface area contributed by atoms with Crippen LogP contribution in [-0.2, 0) is 11.3 Å². The molecule has 106 valence electrons. The number of hydrogen-bond acceptors (Lipinski definition) is 3. The Morgan fingerprint density at radius 1 is 1.37 bits per heavy atom. The lowest BCUT2D eigenvalue weighted by molar-refractivity contribution is -0.137. The molecule has 0 bridgehead atoms. The Morgan fingerprint density at radius 2 is 2.05 bits per heavy atom. The third-order valence-corrected chi connectivity index (χ3v) is 2.69. The fraction of sp³-hybridized carbons (Fsp3) is 0.533. The van der Waals surface area contributed by atoms with Crippen LogP contribution in [0.15, 0.2) is 24.3 Å². The molecule has 0 aliphatic rings. The van der Waals surface area contributed by atoms with Crippen LogP contribution in [-0.4, -0.2) is 36.2 Å². The largest absolute Gasteiger partial charge is 0.493 e. The SMILES string of the molecule is CC(C)COc1ccccc1CN(C)CCC(=O)O. The Labute approximate surface area is 115 Å². The fourth-order valence-electron chi connectivity index (χ4n) is 1.69. The first-order valence-corrected chi connectivity index (χ1v) is 6.60. The fourth-order valence-corrected chi connectivity index (χ4v) is 1.69. The summed E-state index contributed by atoms with van der Waals surface area (Å²) in [5, 5.41) is 8.68. The van der Waals surface area contributed by atoms with E-state index in [1.54, 1.807) is 0 Å². The number of hydrogen-bond donors (Lipinski definition) is 1. The van der Waals surface area contributed by atoms with Crippen molar-refractivity contribution in [1.29, 1.82) is 0 Å². The first kappa shape index (κ1) is 15.5. The molecule has 0 saturated carbocycles. The van der Waals surface area contributed by atoms with Gasteiger partial charge in [0.25, 0.3) is 0 Å². The van der Waals surface area contributed by atoms with E-state index in [2.05, 4.69) is 13.8 Å². The lowest BCUT2D eigenvalue weighted by atomic mass is 10.2. The molecule has 0 atom stereocenters. The van der Waals surface area contributed by atoms with Crippen molar-refractivity contribution in [2.45, 2.75) is 26.8 Å². The molecule has 0 saturated heterocycles. The Kier molecular flexibility index (Phi) is 6.36. The number of carboxylic acids is 1. The van der Waals surface area contributed by atoms with Crippen LogP contribution in [0.5, 0.6) is 5.75 Å². The zero-order valence-electron chi connectivity index (χ0n) is 11.9. The maximum Gasteiger partial charge on any atom is 0.304 e. The minimum atomic E-state index is -0.767. The van der Waals surface area contributed by atoms with Gasteiger partial charge in [0.15, 0.2) is 0 Å². The molecule has 4 nitrogen and oxygen atoms in total. The third-order valence-electron chi connectivity index (χ3n) is 2.69. The van der Waals surface area contributed by atoms with Crippen molar-refractivity contribution < 1.29 is 14.6 Å². The van der Waals surface area contributed by atoms with Crippen molar-refractivity contribution in [1.82, 2.24) is 4.90 Å². The van der Waals surface area contributed by atoms with E-state index >= 15 is 0 Å². The lowest BCUT2D eigenvalue weighted by Gasteiger charge is -2.18. The molecule has 1 aromatic carbocycles. The highest BCUT2D eigenvalue weighted by atomic mass is 16.5. The summed E-state index contributed by atoms with van der Waals surface area (Å²) in [7, 11) is 1.92. The van der Waals surface area contributed by atoms with E-state index in [0.717, 1.165) is 11.3 Å². The van der Waals surface area contributed by atoms with Gasteiger partial charge in [-0.05, 0) is 19.0 Å². The molecule has 1 N–H and O–H groups in total. The van der Waals surface area contributed by atoms with Crippen LogP contribution >= 0.6 is 0 Å². The van der Waals surface area contributed by atoms with Gasteiger partial charge in [-0.3, -0.25) is 4.79 Å². The van der Waals surface area contributed by atoms with Crippen molar-refractivity contribution in [3.63, 3.8) is 0 Å². The normalized spacial score (nSPS) is 11.0. The van der Waals surface area contributed by atoms with Crippen LogP contribution in [0.25, 0.3) is 0 Å². The van der Waals surface area contributed by atoms with Crippen LogP contribution in [0.3, 0.4) is 0 Å². The molecule has 4 heteroatoms. The Balaban J connectivity index is 2.58. The smallest absolute Gasteiger partial charge is 0.304 e. The van der Waals surface area contributed by atoms with Crippen LogP contribution in [0.2, 0.25) is 0 Å². The molecular formula is C15H23NO3. The molecule has 0 fully saturated rings. The number of benzene rings is 1. The van der Waals surface area contributed by atoms with Crippen LogP contribution in [0.1, 0.15) is 25.8 Å². The minimum Gasteiger partial charge on any atom is -0.493 e. The molecule has 0 radical (unpaired) electrons. The van der Waals surface area contributed by atoms with Gasteiger partial charge in [0.1, 0.15) is 5.75 Å². The molecule has 19 heavy (non-hydrogen) atoms. The molecule has 0 spiro atoms. The molecule has 0 amide bonds. The number of carbonyl (C=O) groups is 1. The molecule has 0 aliphatic carbocycles. The van der Waals surface area contributed by atoms with E-state index in [0.29, 0.717) is 25.6 Å². The molecule has 1 aromatic rings. The molecule has 0 aromatic heterocycles. The van der Waals surface area contributed by atoms with E-state index in [-0.39, 0.29) is 6.42 Å². The van der Waals surface area contributed by atoms with Gasteiger partial charge < -0.3 is 14.7 Å². The number of para-hydroxylation sites is 1. The summed E-state index contributed by atoms with van der Waals surface area (Å²) in [4.78, 5) is 12.5. The summed E-state index contributed by atoms with van der Waals surface area (Å²) < 4.78 is 5.78. The second-order valence-corrected chi connectivity index (χ2v) is 5.19. The first-order chi connectivity index (χ1) is 8.99. The number of rotatable bonds is 8. The third kappa shape index (κ3) is 6.25. The first-order valence-electron chi connectivity index (χ1n) is 6.60. The summed E-state index contributed by atoms with van der Waals surface area (Å²) in [5.41, 5.74) is 1.09. The summed E-state index contributed by atoms with van der Waals surface area (Å²) >= 11 is 0. The monoisotopic (exact) mass is 265 g/mol. The van der Waals surface area contributed by atoms with Gasteiger partial charge in [0.05, 0.1) is 13.0 Å². The number of aliphatic carboxylic acids is 1. The lowest BCUT2D eigenvalue weighted by Crippen LogP contribution is -2.21. The Hall–Kier alpha value is -1.55. The number of ether oxygens (including phenoxy) is 1. The maximum atomic E-state index is 10.5. The highest BCUT2D eigenvalue weighted by Gasteiger charge is 2.08.